The molecule has 3 fully saturated rings. The number of rotatable bonds is 8. The molecular formula is C15H24N4S. The van der Waals surface area contributed by atoms with Crippen LogP contribution >= 0.6 is 11.8 Å². The Morgan fingerprint density at radius 3 is 2.65 bits per heavy atom. The lowest BCUT2D eigenvalue weighted by Gasteiger charge is -2.12. The van der Waals surface area contributed by atoms with E-state index in [0.717, 1.165) is 18.3 Å². The standard InChI is InChI=1S/C15H24N4S/c1-10(8-16-12-4-5-12)9-20-15-18-17-14(11-2-3-11)19(15)13-6-7-13/h10-13,16H,2-9H2,1H3. The molecule has 3 saturated carbocycles. The highest BCUT2D eigenvalue weighted by Gasteiger charge is 2.36. The van der Waals surface area contributed by atoms with Gasteiger partial charge in [-0.05, 0) is 51.0 Å². The Bertz CT molecular complexity index is 474. The lowest BCUT2D eigenvalue weighted by atomic mass is 10.2. The van der Waals surface area contributed by atoms with Crippen molar-refractivity contribution in [2.24, 2.45) is 5.92 Å². The molecule has 1 aromatic heterocycles. The van der Waals surface area contributed by atoms with Gasteiger partial charge in [0.05, 0.1) is 0 Å². The van der Waals surface area contributed by atoms with Crippen LogP contribution in [-0.4, -0.2) is 33.1 Å². The first-order valence-electron chi connectivity index (χ1n) is 8.12. The Balaban J connectivity index is 1.35. The van der Waals surface area contributed by atoms with Crippen LogP contribution in [0.15, 0.2) is 5.16 Å². The normalized spacial score (nSPS) is 24.1. The summed E-state index contributed by atoms with van der Waals surface area (Å²) in [6.45, 7) is 3.48. The molecule has 0 amide bonds. The Morgan fingerprint density at radius 2 is 2.00 bits per heavy atom. The van der Waals surface area contributed by atoms with Gasteiger partial charge < -0.3 is 9.88 Å². The van der Waals surface area contributed by atoms with Gasteiger partial charge in [0.25, 0.3) is 0 Å². The lowest BCUT2D eigenvalue weighted by molar-refractivity contribution is 0.555. The fourth-order valence-corrected chi connectivity index (χ4v) is 3.65. The van der Waals surface area contributed by atoms with E-state index in [1.54, 1.807) is 0 Å². The van der Waals surface area contributed by atoms with Crippen molar-refractivity contribution in [1.82, 2.24) is 20.1 Å². The summed E-state index contributed by atoms with van der Waals surface area (Å²) in [7, 11) is 0. The monoisotopic (exact) mass is 292 g/mol. The predicted molar refractivity (Wildman–Crippen MR) is 81.2 cm³/mol. The molecule has 0 aromatic carbocycles. The third kappa shape index (κ3) is 3.03. The summed E-state index contributed by atoms with van der Waals surface area (Å²) >= 11 is 1.91. The second-order valence-electron chi connectivity index (χ2n) is 6.81. The first kappa shape index (κ1) is 13.1. The lowest BCUT2D eigenvalue weighted by Crippen LogP contribution is -2.24. The summed E-state index contributed by atoms with van der Waals surface area (Å²) in [5, 5.41) is 13.7. The zero-order valence-electron chi connectivity index (χ0n) is 12.2. The predicted octanol–water partition coefficient (Wildman–Crippen LogP) is 2.97. The minimum atomic E-state index is 0.703. The molecule has 20 heavy (non-hydrogen) atoms. The third-order valence-corrected chi connectivity index (χ3v) is 5.65. The average Bonchev–Trinajstić information content (AvgIpc) is 3.31. The molecule has 1 heterocycles. The minimum absolute atomic E-state index is 0.703. The van der Waals surface area contributed by atoms with Crippen LogP contribution in [0.5, 0.6) is 0 Å². The van der Waals surface area contributed by atoms with Gasteiger partial charge in [-0.15, -0.1) is 10.2 Å². The second kappa shape index (κ2) is 5.34. The van der Waals surface area contributed by atoms with Crippen LogP contribution < -0.4 is 5.32 Å². The molecule has 0 bridgehead atoms. The van der Waals surface area contributed by atoms with Gasteiger partial charge >= 0.3 is 0 Å². The highest BCUT2D eigenvalue weighted by atomic mass is 32.2. The van der Waals surface area contributed by atoms with E-state index >= 15 is 0 Å². The van der Waals surface area contributed by atoms with Crippen molar-refractivity contribution in [1.29, 1.82) is 0 Å². The van der Waals surface area contributed by atoms with Gasteiger partial charge in [0.2, 0.25) is 0 Å². The molecule has 0 radical (unpaired) electrons. The summed E-state index contributed by atoms with van der Waals surface area (Å²) in [6.07, 6.45) is 8.03. The highest BCUT2D eigenvalue weighted by molar-refractivity contribution is 7.99. The number of nitrogens with zero attached hydrogens (tertiary/aromatic N) is 3. The first-order chi connectivity index (χ1) is 9.81. The van der Waals surface area contributed by atoms with Crippen LogP contribution in [0.1, 0.15) is 63.2 Å². The van der Waals surface area contributed by atoms with Crippen molar-refractivity contribution in [2.45, 2.75) is 68.6 Å². The van der Waals surface area contributed by atoms with Crippen molar-refractivity contribution in [3.63, 3.8) is 0 Å². The molecule has 0 saturated heterocycles. The number of aromatic nitrogens is 3. The number of thioether (sulfide) groups is 1. The molecule has 3 aliphatic rings. The summed E-state index contributed by atoms with van der Waals surface area (Å²) in [4.78, 5) is 0. The van der Waals surface area contributed by atoms with Gasteiger partial charge in [-0.2, -0.15) is 0 Å². The Hall–Kier alpha value is -0.550. The van der Waals surface area contributed by atoms with E-state index in [2.05, 4.69) is 27.0 Å². The van der Waals surface area contributed by atoms with Gasteiger partial charge in [-0.3, -0.25) is 0 Å². The first-order valence-corrected chi connectivity index (χ1v) is 9.11. The molecule has 5 heteroatoms. The Morgan fingerprint density at radius 1 is 1.20 bits per heavy atom. The molecule has 110 valence electrons. The number of nitrogens with one attached hydrogen (secondary N) is 1. The fourth-order valence-electron chi connectivity index (χ4n) is 2.61. The Kier molecular flexibility index (Phi) is 3.50. The Labute approximate surface area is 125 Å². The fraction of sp³-hybridized carbons (Fsp3) is 0.867. The zero-order valence-corrected chi connectivity index (χ0v) is 13.0. The van der Waals surface area contributed by atoms with Gasteiger partial charge in [0.1, 0.15) is 5.82 Å². The van der Waals surface area contributed by atoms with Crippen LogP contribution in [0.3, 0.4) is 0 Å². The van der Waals surface area contributed by atoms with Crippen LogP contribution in [0.2, 0.25) is 0 Å². The molecule has 4 nitrogen and oxygen atoms in total. The summed E-state index contributed by atoms with van der Waals surface area (Å²) < 4.78 is 2.46. The second-order valence-corrected chi connectivity index (χ2v) is 7.80. The summed E-state index contributed by atoms with van der Waals surface area (Å²) in [5.41, 5.74) is 0. The van der Waals surface area contributed by atoms with E-state index in [4.69, 9.17) is 0 Å². The van der Waals surface area contributed by atoms with E-state index in [9.17, 15) is 0 Å². The molecule has 0 spiro atoms. The molecule has 1 unspecified atom stereocenters. The maximum absolute atomic E-state index is 4.48. The van der Waals surface area contributed by atoms with E-state index in [1.807, 2.05) is 11.8 Å². The molecule has 0 aliphatic heterocycles. The van der Waals surface area contributed by atoms with Crippen molar-refractivity contribution in [3.8, 4) is 0 Å². The molecule has 1 N–H and O–H groups in total. The molecule has 3 aliphatic carbocycles. The minimum Gasteiger partial charge on any atom is -0.314 e. The van der Waals surface area contributed by atoms with Crippen molar-refractivity contribution < 1.29 is 0 Å². The molecule has 4 rings (SSSR count). The van der Waals surface area contributed by atoms with E-state index in [0.29, 0.717) is 17.9 Å². The quantitative estimate of drug-likeness (QED) is 0.748. The van der Waals surface area contributed by atoms with E-state index in [-0.39, 0.29) is 0 Å². The van der Waals surface area contributed by atoms with Crippen molar-refractivity contribution in [2.75, 3.05) is 12.3 Å². The smallest absolute Gasteiger partial charge is 0.191 e. The molecule has 1 aromatic rings. The zero-order chi connectivity index (χ0) is 13.5. The van der Waals surface area contributed by atoms with Gasteiger partial charge in [-0.25, -0.2) is 0 Å². The maximum atomic E-state index is 4.48. The summed E-state index contributed by atoms with van der Waals surface area (Å²) in [5.74, 6) is 3.84. The van der Waals surface area contributed by atoms with Crippen LogP contribution in [0, 0.1) is 5.92 Å². The SMILES string of the molecule is CC(CNC1CC1)CSc1nnc(C2CC2)n1C1CC1. The largest absolute Gasteiger partial charge is 0.314 e. The number of hydrogen-bond donors (Lipinski definition) is 1. The maximum Gasteiger partial charge on any atom is 0.191 e. The average molecular weight is 292 g/mol. The topological polar surface area (TPSA) is 42.7 Å². The van der Waals surface area contributed by atoms with Crippen molar-refractivity contribution in [3.05, 3.63) is 5.82 Å². The van der Waals surface area contributed by atoms with Crippen LogP contribution in [0.25, 0.3) is 0 Å². The molecule has 1 atom stereocenters. The van der Waals surface area contributed by atoms with Crippen LogP contribution in [-0.2, 0) is 0 Å². The van der Waals surface area contributed by atoms with E-state index in [1.165, 1.54) is 49.5 Å². The van der Waals surface area contributed by atoms with Crippen LogP contribution in [0.4, 0.5) is 0 Å². The number of hydrogen-bond acceptors (Lipinski definition) is 4. The van der Waals surface area contributed by atoms with Gasteiger partial charge in [-0.1, -0.05) is 18.7 Å². The highest BCUT2D eigenvalue weighted by Crippen LogP contribution is 2.46. The third-order valence-electron chi connectivity index (χ3n) is 4.37. The molecular weight excluding hydrogens is 268 g/mol. The summed E-state index contributed by atoms with van der Waals surface area (Å²) in [6, 6.07) is 1.53. The van der Waals surface area contributed by atoms with Crippen molar-refractivity contribution >= 4 is 11.8 Å². The van der Waals surface area contributed by atoms with Gasteiger partial charge in [0.15, 0.2) is 5.16 Å². The van der Waals surface area contributed by atoms with Gasteiger partial charge in [0, 0.05) is 23.8 Å². The van der Waals surface area contributed by atoms with E-state index < -0.39 is 0 Å².